The van der Waals surface area contributed by atoms with E-state index in [-0.39, 0.29) is 18.3 Å². The predicted molar refractivity (Wildman–Crippen MR) is 362 cm³/mol. The maximum absolute atomic E-state index is 9.32. The molecule has 0 atom stereocenters. The van der Waals surface area contributed by atoms with Crippen LogP contribution in [0.3, 0.4) is 0 Å². The van der Waals surface area contributed by atoms with Crippen LogP contribution in [0.4, 0.5) is 11.6 Å². The van der Waals surface area contributed by atoms with Gasteiger partial charge in [0.15, 0.2) is 0 Å². The number of nitrogens with zero attached hydrogens (tertiary/aromatic N) is 8. The summed E-state index contributed by atoms with van der Waals surface area (Å²) in [6.45, 7) is 29.8. The summed E-state index contributed by atoms with van der Waals surface area (Å²) < 4.78 is 29.2. The number of aliphatic imine (C=N–C) groups is 4. The molecule has 0 aliphatic carbocycles. The minimum Gasteiger partial charge on any atom is -0.508 e. The Bertz CT molecular complexity index is 3290. The van der Waals surface area contributed by atoms with Crippen LogP contribution in [0, 0.1) is 27.7 Å². The first-order chi connectivity index (χ1) is 39.9. The van der Waals surface area contributed by atoms with Crippen molar-refractivity contribution in [2.45, 2.75) is 114 Å². The Hall–Kier alpha value is -5.25. The number of pyridine rings is 2. The fourth-order valence-corrected chi connectivity index (χ4v) is 10.3. The molecule has 0 saturated carbocycles. The Morgan fingerprint density at radius 2 is 0.976 bits per heavy atom. The second-order valence-electron chi connectivity index (χ2n) is 21.3. The quantitative estimate of drug-likeness (QED) is 0.0871. The first-order valence-electron chi connectivity index (χ1n) is 28.0. The lowest BCUT2D eigenvalue weighted by atomic mass is 9.81. The maximum Gasteiger partial charge on any atom is 0.488 e. The number of anilines is 2. The highest BCUT2D eigenvalue weighted by atomic mass is 128. The molecule has 4 aromatic carbocycles. The number of aromatic nitrogens is 2. The molecule has 8 heterocycles. The number of aryl methyl sites for hydroxylation is 4. The molecule has 0 unspecified atom stereocenters. The van der Waals surface area contributed by atoms with E-state index in [0.717, 1.165) is 126 Å². The molecule has 2 aromatic heterocycles. The SMILES string of the molecule is Cc1cc2c(cc1O)C=NC2.Cc1cc2c(cc1OC(C)C)C(I)=NC2.Cc1cc2c(cc1OC(C)C)C(c1ccnc(N3CCOCC3)c1)=NC2.Cc1cc2c(cc1OC(C)C)C=NC2.II.OB(O)c1ccnc(N2CCOCC2)c1. The van der Waals surface area contributed by atoms with Gasteiger partial charge >= 0.3 is 7.12 Å². The predicted octanol–water partition coefficient (Wildman–Crippen LogP) is 11.6. The molecular formula is C63H76BI3N8O8. The maximum atomic E-state index is 9.32. The first kappa shape index (κ1) is 65.3. The monoisotopic (exact) mass is 1460 g/mol. The van der Waals surface area contributed by atoms with Crippen molar-refractivity contribution in [2.24, 2.45) is 20.0 Å². The zero-order valence-corrected chi connectivity index (χ0v) is 55.6. The standard InChI is InChI=1S/C21H25N3O2.C12H14INO.C12H15NO.C9H13BN2O3.C9H9NO.I2/c1-14(2)26-19-12-18-17(10-15(19)3)13-23-21(18)16-4-5-22-20(11-16)24-6-8-25-9-7-24;1-7(2)15-11-5-10-9(4-8(11)3)6-14-12(10)13;1-8(2)14-12-5-11-7-13-6-10(11)4-9(12)3;13-10(14)8-1-2-11-9(7-8)12-3-5-15-6-4-12;1-6-2-7-4-10-5-8(7)3-9(6)11;1-2/h4-5,10-12,14H,6-9,13H2,1-3H3;4-5,7H,6H2,1-3H3;4-5,7-8H,6H2,1-3H3;1-2,7,13-14H,3-6H2;2-3,5,11H,4H2,1H3;. The van der Waals surface area contributed by atoms with E-state index in [9.17, 15) is 5.11 Å². The Morgan fingerprint density at radius 1 is 0.530 bits per heavy atom. The second kappa shape index (κ2) is 31.8. The molecule has 3 N–H and O–H groups in total. The van der Waals surface area contributed by atoms with Crippen molar-refractivity contribution in [1.29, 1.82) is 0 Å². The van der Waals surface area contributed by atoms with Crippen LogP contribution in [-0.4, -0.2) is 125 Å². The summed E-state index contributed by atoms with van der Waals surface area (Å²) >= 11 is 6.52. The first-order valence-corrected chi connectivity index (χ1v) is 35.3. The number of morpholine rings is 2. The summed E-state index contributed by atoms with van der Waals surface area (Å²) in [6, 6.07) is 24.1. The lowest BCUT2D eigenvalue weighted by Crippen LogP contribution is -2.38. The summed E-state index contributed by atoms with van der Waals surface area (Å²) in [5.74, 6) is 5.02. The van der Waals surface area contributed by atoms with E-state index >= 15 is 0 Å². The molecule has 2 saturated heterocycles. The Labute approximate surface area is 526 Å². The topological polar surface area (TPSA) is 189 Å². The molecule has 6 aliphatic rings. The van der Waals surface area contributed by atoms with Crippen LogP contribution in [0.5, 0.6) is 23.0 Å². The van der Waals surface area contributed by atoms with Gasteiger partial charge in [-0.2, -0.15) is 0 Å². The summed E-state index contributed by atoms with van der Waals surface area (Å²) in [5, 5.41) is 27.4. The van der Waals surface area contributed by atoms with Crippen molar-refractivity contribution in [2.75, 3.05) is 62.4 Å². The lowest BCUT2D eigenvalue weighted by molar-refractivity contribution is 0.122. The van der Waals surface area contributed by atoms with Gasteiger partial charge < -0.3 is 48.6 Å². The number of fused-ring (bicyclic) bond motifs is 4. The fourth-order valence-electron chi connectivity index (χ4n) is 9.67. The van der Waals surface area contributed by atoms with Crippen molar-refractivity contribution in [3.05, 3.63) is 158 Å². The molecule has 6 aliphatic heterocycles. The van der Waals surface area contributed by atoms with Crippen LogP contribution in [0.15, 0.2) is 105 Å². The molecule has 0 bridgehead atoms. The normalized spacial score (nSPS) is 14.9. The van der Waals surface area contributed by atoms with Gasteiger partial charge in [0, 0.05) is 116 Å². The van der Waals surface area contributed by atoms with Gasteiger partial charge in [-0.25, -0.2) is 9.97 Å². The Kier molecular flexibility index (Phi) is 25.0. The number of halogens is 3. The third-order valence-corrected chi connectivity index (χ3v) is 14.7. The van der Waals surface area contributed by atoms with Crippen molar-refractivity contribution >= 4 is 106 Å². The van der Waals surface area contributed by atoms with Crippen LogP contribution in [0.1, 0.15) is 114 Å². The van der Waals surface area contributed by atoms with E-state index in [4.69, 9.17) is 38.7 Å². The van der Waals surface area contributed by atoms with E-state index in [1.807, 2.05) is 59.2 Å². The fraction of sp³-hybridized carbons (Fsp3) is 0.397. The summed E-state index contributed by atoms with van der Waals surface area (Å²) in [5.41, 5.74) is 16.8. The van der Waals surface area contributed by atoms with E-state index in [0.29, 0.717) is 24.4 Å². The number of rotatable bonds is 10. The molecule has 83 heavy (non-hydrogen) atoms. The average molecular weight is 1460 g/mol. The Morgan fingerprint density at radius 3 is 1.51 bits per heavy atom. The molecule has 0 radical (unpaired) electrons. The molecule has 20 heteroatoms. The third-order valence-electron chi connectivity index (χ3n) is 13.8. The van der Waals surface area contributed by atoms with Gasteiger partial charge in [0.2, 0.25) is 0 Å². The van der Waals surface area contributed by atoms with Crippen LogP contribution < -0.4 is 29.5 Å². The number of hydrogen-bond acceptors (Lipinski definition) is 16. The largest absolute Gasteiger partial charge is 0.508 e. The summed E-state index contributed by atoms with van der Waals surface area (Å²) in [4.78, 5) is 30.6. The minimum atomic E-state index is -1.44. The number of hydrogen-bond donors (Lipinski definition) is 3. The molecular weight excluding hydrogens is 1390 g/mol. The molecule has 440 valence electrons. The van der Waals surface area contributed by atoms with Crippen molar-refractivity contribution in [3.63, 3.8) is 0 Å². The number of phenolic OH excluding ortho intramolecular Hbond substituents is 1. The minimum absolute atomic E-state index is 0.155. The van der Waals surface area contributed by atoms with Gasteiger partial charge in [-0.15, -0.1) is 0 Å². The van der Waals surface area contributed by atoms with Crippen molar-refractivity contribution < 1.29 is 38.8 Å². The van der Waals surface area contributed by atoms with Crippen molar-refractivity contribution in [3.8, 4) is 23.0 Å². The molecule has 6 aromatic rings. The zero-order valence-electron chi connectivity index (χ0n) is 49.1. The third kappa shape index (κ3) is 18.4. The average Bonchev–Trinajstić information content (AvgIpc) is 4.30. The van der Waals surface area contributed by atoms with Crippen molar-refractivity contribution in [1.82, 2.24) is 9.97 Å². The Balaban J connectivity index is 0.000000153. The highest BCUT2D eigenvalue weighted by Gasteiger charge is 2.23. The van der Waals surface area contributed by atoms with Crippen LogP contribution in [0.25, 0.3) is 0 Å². The van der Waals surface area contributed by atoms with Gasteiger partial charge in [-0.3, -0.25) is 20.0 Å². The van der Waals surface area contributed by atoms with E-state index < -0.39 is 7.12 Å². The lowest BCUT2D eigenvalue weighted by Gasteiger charge is -2.28. The zero-order chi connectivity index (χ0) is 59.7. The summed E-state index contributed by atoms with van der Waals surface area (Å²) in [6.07, 6.45) is 7.78. The number of phenols is 1. The number of ether oxygens (including phenoxy) is 5. The van der Waals surface area contributed by atoms with E-state index in [2.05, 4.69) is 172 Å². The number of benzene rings is 4. The summed E-state index contributed by atoms with van der Waals surface area (Å²) in [7, 11) is -1.44. The van der Waals surface area contributed by atoms with Gasteiger partial charge in [-0.05, 0) is 215 Å². The van der Waals surface area contributed by atoms with Gasteiger partial charge in [0.1, 0.15) is 38.4 Å². The molecule has 0 spiro atoms. The molecule has 0 amide bonds. The van der Waals surface area contributed by atoms with Gasteiger partial charge in [0.05, 0.1) is 76.6 Å². The smallest absolute Gasteiger partial charge is 0.488 e. The highest BCUT2D eigenvalue weighted by Crippen LogP contribution is 2.33. The molecule has 16 nitrogen and oxygen atoms in total. The molecule has 12 rings (SSSR count). The van der Waals surface area contributed by atoms with Crippen LogP contribution >= 0.6 is 59.8 Å². The van der Waals surface area contributed by atoms with Gasteiger partial charge in [0.25, 0.3) is 0 Å². The van der Waals surface area contributed by atoms with Gasteiger partial charge in [-0.1, -0.05) is 0 Å². The van der Waals surface area contributed by atoms with E-state index in [1.165, 1.54) is 50.1 Å². The van der Waals surface area contributed by atoms with Crippen LogP contribution in [0.2, 0.25) is 0 Å². The van der Waals surface area contributed by atoms with E-state index in [1.54, 1.807) is 30.6 Å². The number of aromatic hydroxyl groups is 1. The highest BCUT2D eigenvalue weighted by molar-refractivity contribution is 15.0. The van der Waals surface area contributed by atoms with Crippen LogP contribution in [-0.2, 0) is 35.7 Å². The second-order valence-corrected chi connectivity index (χ2v) is 22.4. The molecule has 2 fully saturated rings.